The molecule has 1 aromatic heterocycles. The van der Waals surface area contributed by atoms with Gasteiger partial charge in [0.05, 0.1) is 0 Å². The van der Waals surface area contributed by atoms with Crippen LogP contribution >= 0.6 is 11.6 Å². The highest BCUT2D eigenvalue weighted by Gasteiger charge is 2.14. The zero-order valence-corrected chi connectivity index (χ0v) is 10.6. The quantitative estimate of drug-likeness (QED) is 0.843. The monoisotopic (exact) mass is 236 g/mol. The third-order valence-corrected chi connectivity index (χ3v) is 3.05. The molecule has 2 aromatic rings. The summed E-state index contributed by atoms with van der Waals surface area (Å²) in [7, 11) is 0. The number of rotatable bonds is 2. The van der Waals surface area contributed by atoms with E-state index in [1.165, 1.54) is 5.52 Å². The Morgan fingerprint density at radius 1 is 1.19 bits per heavy atom. The van der Waals surface area contributed by atoms with Gasteiger partial charge in [-0.15, -0.1) is 0 Å². The van der Waals surface area contributed by atoms with Crippen LogP contribution in [-0.2, 0) is 0 Å². The van der Waals surface area contributed by atoms with Crippen molar-refractivity contribution >= 4 is 22.5 Å². The fourth-order valence-electron chi connectivity index (χ4n) is 2.16. The van der Waals surface area contributed by atoms with Crippen LogP contribution in [0.5, 0.6) is 0 Å². The van der Waals surface area contributed by atoms with Crippen molar-refractivity contribution < 1.29 is 0 Å². The van der Waals surface area contributed by atoms with Crippen LogP contribution in [0.1, 0.15) is 38.5 Å². The van der Waals surface area contributed by atoms with Gasteiger partial charge < -0.3 is 10.3 Å². The molecule has 86 valence electrons. The Hall–Kier alpha value is -0.990. The van der Waals surface area contributed by atoms with Crippen LogP contribution in [0.25, 0.3) is 10.9 Å². The minimum absolute atomic E-state index is 0.0357. The number of nitrogens with zero attached hydrogens (tertiary/aromatic N) is 1. The summed E-state index contributed by atoms with van der Waals surface area (Å²) in [5.41, 5.74) is 8.36. The molecule has 0 aliphatic heterocycles. The molecule has 0 aliphatic carbocycles. The first kappa shape index (κ1) is 11.5. The fourth-order valence-corrected chi connectivity index (χ4v) is 2.34. The van der Waals surface area contributed by atoms with Crippen molar-refractivity contribution in [1.82, 2.24) is 4.57 Å². The van der Waals surface area contributed by atoms with Gasteiger partial charge in [0.15, 0.2) is 0 Å². The molecule has 0 radical (unpaired) electrons. The number of aromatic nitrogens is 1. The molecule has 1 unspecified atom stereocenters. The number of benzene rings is 1. The average molecular weight is 237 g/mol. The van der Waals surface area contributed by atoms with Gasteiger partial charge in [-0.25, -0.2) is 0 Å². The minimum Gasteiger partial charge on any atom is -0.341 e. The van der Waals surface area contributed by atoms with E-state index in [0.717, 1.165) is 16.1 Å². The molecule has 1 heterocycles. The topological polar surface area (TPSA) is 30.9 Å². The second-order valence-corrected chi connectivity index (χ2v) is 4.96. The molecule has 3 heteroatoms. The number of nitrogens with two attached hydrogens (primary N) is 1. The first-order chi connectivity index (χ1) is 7.50. The molecule has 0 saturated carbocycles. The Labute approximate surface area is 101 Å². The maximum Gasteiger partial charge on any atom is 0.0486 e. The van der Waals surface area contributed by atoms with Gasteiger partial charge >= 0.3 is 0 Å². The van der Waals surface area contributed by atoms with Crippen molar-refractivity contribution in [2.45, 2.75) is 32.9 Å². The lowest BCUT2D eigenvalue weighted by Crippen LogP contribution is -2.13. The van der Waals surface area contributed by atoms with Gasteiger partial charge in [0.25, 0.3) is 0 Å². The van der Waals surface area contributed by atoms with E-state index in [2.05, 4.69) is 30.5 Å². The Morgan fingerprint density at radius 3 is 2.44 bits per heavy atom. The number of halogens is 1. The lowest BCUT2D eigenvalue weighted by Gasteiger charge is -2.16. The lowest BCUT2D eigenvalue weighted by molar-refractivity contribution is 0.571. The molecular weight excluding hydrogens is 220 g/mol. The zero-order valence-electron chi connectivity index (χ0n) is 9.87. The third kappa shape index (κ3) is 1.83. The van der Waals surface area contributed by atoms with E-state index in [1.54, 1.807) is 0 Å². The lowest BCUT2D eigenvalue weighted by atomic mass is 10.2. The zero-order chi connectivity index (χ0) is 11.9. The molecule has 0 aliphatic rings. The molecule has 2 rings (SSSR count). The van der Waals surface area contributed by atoms with E-state index < -0.39 is 0 Å². The van der Waals surface area contributed by atoms with Gasteiger partial charge in [-0.05, 0) is 45.0 Å². The van der Waals surface area contributed by atoms with Crippen molar-refractivity contribution in [2.24, 2.45) is 5.73 Å². The average Bonchev–Trinajstić information content (AvgIpc) is 2.55. The molecule has 0 spiro atoms. The van der Waals surface area contributed by atoms with Crippen molar-refractivity contribution in [1.29, 1.82) is 0 Å². The summed E-state index contributed by atoms with van der Waals surface area (Å²) in [6, 6.07) is 8.54. The molecular formula is C13H17ClN2. The summed E-state index contributed by atoms with van der Waals surface area (Å²) in [6.45, 7) is 6.34. The van der Waals surface area contributed by atoms with E-state index in [0.29, 0.717) is 6.04 Å². The highest BCUT2D eigenvalue weighted by atomic mass is 35.5. The van der Waals surface area contributed by atoms with E-state index in [-0.39, 0.29) is 6.04 Å². The van der Waals surface area contributed by atoms with Crippen molar-refractivity contribution in [2.75, 3.05) is 0 Å². The summed E-state index contributed by atoms with van der Waals surface area (Å²) in [5, 5.41) is 1.93. The van der Waals surface area contributed by atoms with Gasteiger partial charge in [0.1, 0.15) is 0 Å². The summed E-state index contributed by atoms with van der Waals surface area (Å²) in [4.78, 5) is 0. The standard InChI is InChI=1S/C13H17ClN2/c1-8(2)16-12-5-4-11(14)6-10(12)7-13(16)9(3)15/h4-9H,15H2,1-3H3. The summed E-state index contributed by atoms with van der Waals surface area (Å²) in [5.74, 6) is 0. The second-order valence-electron chi connectivity index (χ2n) is 4.52. The van der Waals surface area contributed by atoms with E-state index in [9.17, 15) is 0 Å². The van der Waals surface area contributed by atoms with Crippen molar-refractivity contribution in [3.63, 3.8) is 0 Å². The van der Waals surface area contributed by atoms with Gasteiger partial charge in [0, 0.05) is 33.7 Å². The van der Waals surface area contributed by atoms with E-state index >= 15 is 0 Å². The maximum atomic E-state index is 6.00. The smallest absolute Gasteiger partial charge is 0.0486 e. The predicted octanol–water partition coefficient (Wildman–Crippen LogP) is 3.90. The van der Waals surface area contributed by atoms with Gasteiger partial charge in [0.2, 0.25) is 0 Å². The maximum absolute atomic E-state index is 6.00. The van der Waals surface area contributed by atoms with E-state index in [1.807, 2.05) is 19.1 Å². The largest absolute Gasteiger partial charge is 0.341 e. The summed E-state index contributed by atoms with van der Waals surface area (Å²) < 4.78 is 2.27. The van der Waals surface area contributed by atoms with Crippen LogP contribution in [0.15, 0.2) is 24.3 Å². The number of hydrogen-bond acceptors (Lipinski definition) is 1. The SMILES string of the molecule is CC(N)c1cc2cc(Cl)ccc2n1C(C)C. The van der Waals surface area contributed by atoms with Crippen molar-refractivity contribution in [3.8, 4) is 0 Å². The van der Waals surface area contributed by atoms with Crippen LogP contribution in [-0.4, -0.2) is 4.57 Å². The van der Waals surface area contributed by atoms with Gasteiger partial charge in [-0.1, -0.05) is 11.6 Å². The molecule has 0 bridgehead atoms. The van der Waals surface area contributed by atoms with Crippen LogP contribution < -0.4 is 5.73 Å². The first-order valence-electron chi connectivity index (χ1n) is 5.56. The second kappa shape index (κ2) is 4.11. The fraction of sp³-hybridized carbons (Fsp3) is 0.385. The predicted molar refractivity (Wildman–Crippen MR) is 69.9 cm³/mol. The Bertz CT molecular complexity index is 512. The first-order valence-corrected chi connectivity index (χ1v) is 5.94. The molecule has 0 saturated heterocycles. The molecule has 16 heavy (non-hydrogen) atoms. The van der Waals surface area contributed by atoms with Crippen molar-refractivity contribution in [3.05, 3.63) is 35.0 Å². The van der Waals surface area contributed by atoms with Crippen LogP contribution in [0.4, 0.5) is 0 Å². The van der Waals surface area contributed by atoms with E-state index in [4.69, 9.17) is 17.3 Å². The number of fused-ring (bicyclic) bond motifs is 1. The third-order valence-electron chi connectivity index (χ3n) is 2.81. The highest BCUT2D eigenvalue weighted by molar-refractivity contribution is 6.31. The Morgan fingerprint density at radius 2 is 1.88 bits per heavy atom. The molecule has 0 fully saturated rings. The highest BCUT2D eigenvalue weighted by Crippen LogP contribution is 2.29. The molecule has 2 N–H and O–H groups in total. The normalized spacial score (nSPS) is 13.6. The van der Waals surface area contributed by atoms with Crippen LogP contribution in [0, 0.1) is 0 Å². The molecule has 1 atom stereocenters. The Kier molecular flexibility index (Phi) is 2.96. The summed E-state index contributed by atoms with van der Waals surface area (Å²) >= 11 is 6.00. The Balaban J connectivity index is 2.75. The molecule has 1 aromatic carbocycles. The van der Waals surface area contributed by atoms with Crippen LogP contribution in [0.3, 0.4) is 0 Å². The van der Waals surface area contributed by atoms with Gasteiger partial charge in [-0.2, -0.15) is 0 Å². The summed E-state index contributed by atoms with van der Waals surface area (Å²) in [6.07, 6.45) is 0. The minimum atomic E-state index is 0.0357. The van der Waals surface area contributed by atoms with Gasteiger partial charge in [-0.3, -0.25) is 0 Å². The number of hydrogen-bond donors (Lipinski definition) is 1. The molecule has 2 nitrogen and oxygen atoms in total. The molecule has 0 amide bonds. The van der Waals surface area contributed by atoms with Crippen LogP contribution in [0.2, 0.25) is 5.02 Å².